The van der Waals surface area contributed by atoms with Crippen LogP contribution in [-0.2, 0) is 0 Å². The number of aliphatic hydroxyl groups excluding tert-OH is 1. The van der Waals surface area contributed by atoms with Gasteiger partial charge in [0.25, 0.3) is 0 Å². The van der Waals surface area contributed by atoms with Crippen LogP contribution in [0.4, 0.5) is 0 Å². The van der Waals surface area contributed by atoms with E-state index in [9.17, 15) is 5.11 Å². The van der Waals surface area contributed by atoms with E-state index in [1.54, 1.807) is 7.11 Å². The second-order valence-electron chi connectivity index (χ2n) is 4.52. The lowest BCUT2D eigenvalue weighted by Gasteiger charge is -2.30. The highest BCUT2D eigenvalue weighted by Crippen LogP contribution is 2.34. The minimum absolute atomic E-state index is 0.0534. The predicted molar refractivity (Wildman–Crippen MR) is 68.5 cm³/mol. The van der Waals surface area contributed by atoms with Gasteiger partial charge in [-0.25, -0.2) is 0 Å². The third-order valence-electron chi connectivity index (χ3n) is 2.78. The van der Waals surface area contributed by atoms with Gasteiger partial charge in [0, 0.05) is 18.1 Å². The molecule has 3 N–H and O–H groups in total. The van der Waals surface area contributed by atoms with Gasteiger partial charge in [0.1, 0.15) is 5.75 Å². The second kappa shape index (κ2) is 5.17. The molecule has 3 nitrogen and oxygen atoms in total. The van der Waals surface area contributed by atoms with Gasteiger partial charge in [0.15, 0.2) is 0 Å². The Kier molecular flexibility index (Phi) is 4.35. The Hall–Kier alpha value is -0.580. The molecule has 1 aromatic carbocycles. The summed E-state index contributed by atoms with van der Waals surface area (Å²) < 4.78 is 6.03. The van der Waals surface area contributed by atoms with Gasteiger partial charge in [-0.05, 0) is 33.6 Å². The topological polar surface area (TPSA) is 55.5 Å². The molecule has 0 aliphatic heterocycles. The first-order valence-corrected chi connectivity index (χ1v) is 5.91. The van der Waals surface area contributed by atoms with Crippen molar-refractivity contribution in [2.24, 2.45) is 11.1 Å². The molecule has 4 heteroatoms. The summed E-state index contributed by atoms with van der Waals surface area (Å²) in [5.41, 5.74) is 6.76. The average Bonchev–Trinajstić information content (AvgIpc) is 2.27. The van der Waals surface area contributed by atoms with Crippen LogP contribution in [0.15, 0.2) is 22.7 Å². The summed E-state index contributed by atoms with van der Waals surface area (Å²) in [6.45, 7) is 3.93. The van der Waals surface area contributed by atoms with E-state index in [-0.39, 0.29) is 18.1 Å². The maximum Gasteiger partial charge on any atom is 0.133 e. The number of methoxy groups -OCH3 is 1. The van der Waals surface area contributed by atoms with Crippen molar-refractivity contribution in [1.82, 2.24) is 0 Å². The number of rotatable bonds is 4. The maximum atomic E-state index is 9.28. The molecule has 0 aliphatic carbocycles. The van der Waals surface area contributed by atoms with Gasteiger partial charge in [-0.15, -0.1) is 0 Å². The van der Waals surface area contributed by atoms with Gasteiger partial charge in [-0.3, -0.25) is 0 Å². The normalized spacial score (nSPS) is 13.6. The summed E-state index contributed by atoms with van der Waals surface area (Å²) in [4.78, 5) is 0. The zero-order chi connectivity index (χ0) is 12.3. The number of hydrogen-bond acceptors (Lipinski definition) is 3. The Bertz CT molecular complexity index is 366. The van der Waals surface area contributed by atoms with E-state index in [4.69, 9.17) is 10.5 Å². The second-order valence-corrected chi connectivity index (χ2v) is 5.37. The van der Waals surface area contributed by atoms with E-state index in [1.807, 2.05) is 32.0 Å². The molecule has 0 bridgehead atoms. The molecule has 16 heavy (non-hydrogen) atoms. The molecule has 1 atom stereocenters. The third kappa shape index (κ3) is 2.75. The van der Waals surface area contributed by atoms with Gasteiger partial charge >= 0.3 is 0 Å². The fourth-order valence-corrected chi connectivity index (χ4v) is 1.98. The minimum atomic E-state index is -0.339. The minimum Gasteiger partial charge on any atom is -0.496 e. The first-order valence-electron chi connectivity index (χ1n) is 5.12. The van der Waals surface area contributed by atoms with E-state index in [0.717, 1.165) is 15.8 Å². The van der Waals surface area contributed by atoms with Crippen LogP contribution in [0, 0.1) is 5.41 Å². The Morgan fingerprint density at radius 2 is 2.12 bits per heavy atom. The molecule has 0 aromatic heterocycles. The van der Waals surface area contributed by atoms with Crippen LogP contribution in [0.5, 0.6) is 5.75 Å². The first kappa shape index (κ1) is 13.5. The van der Waals surface area contributed by atoms with Crippen LogP contribution in [0.25, 0.3) is 0 Å². The lowest BCUT2D eigenvalue weighted by molar-refractivity contribution is 0.132. The highest BCUT2D eigenvalue weighted by Gasteiger charge is 2.27. The summed E-state index contributed by atoms with van der Waals surface area (Å²) in [5.74, 6) is 0.776. The molecule has 0 aliphatic rings. The molecule has 90 valence electrons. The van der Waals surface area contributed by atoms with Crippen molar-refractivity contribution in [1.29, 1.82) is 0 Å². The summed E-state index contributed by atoms with van der Waals surface area (Å²) >= 11 is 3.42. The number of benzene rings is 1. The Morgan fingerprint density at radius 1 is 1.50 bits per heavy atom. The average molecular weight is 288 g/mol. The van der Waals surface area contributed by atoms with Crippen molar-refractivity contribution in [3.05, 3.63) is 28.2 Å². The first-order chi connectivity index (χ1) is 7.42. The molecule has 0 saturated carbocycles. The number of hydrogen-bond donors (Lipinski definition) is 2. The molecule has 0 fully saturated rings. The van der Waals surface area contributed by atoms with Gasteiger partial charge in [-0.1, -0.05) is 19.9 Å². The number of halogens is 1. The van der Waals surface area contributed by atoms with Crippen molar-refractivity contribution in [2.45, 2.75) is 19.9 Å². The van der Waals surface area contributed by atoms with E-state index in [1.165, 1.54) is 0 Å². The molecule has 0 amide bonds. The third-order valence-corrected chi connectivity index (χ3v) is 3.40. The number of aliphatic hydroxyl groups is 1. The van der Waals surface area contributed by atoms with E-state index in [2.05, 4.69) is 15.9 Å². The standard InChI is InChI=1S/C12H18BrNO2/c1-12(2,7-15)11(14)8-4-5-10(16-3)9(13)6-8/h4-6,11,15H,7,14H2,1-3H3/t11-/m0/s1. The summed E-state index contributed by atoms with van der Waals surface area (Å²) in [6.07, 6.45) is 0. The van der Waals surface area contributed by atoms with Crippen LogP contribution in [0.3, 0.4) is 0 Å². The lowest BCUT2D eigenvalue weighted by atomic mass is 9.82. The summed E-state index contributed by atoms with van der Waals surface area (Å²) in [6, 6.07) is 5.51. The van der Waals surface area contributed by atoms with Crippen LogP contribution in [-0.4, -0.2) is 18.8 Å². The van der Waals surface area contributed by atoms with E-state index in [0.29, 0.717) is 0 Å². The molecule has 0 radical (unpaired) electrons. The number of ether oxygens (including phenoxy) is 1. The highest BCUT2D eigenvalue weighted by atomic mass is 79.9. The Labute approximate surface area is 105 Å². The van der Waals surface area contributed by atoms with Crippen LogP contribution in [0.2, 0.25) is 0 Å². The maximum absolute atomic E-state index is 9.28. The lowest BCUT2D eigenvalue weighted by Crippen LogP contribution is -2.32. The summed E-state index contributed by atoms with van der Waals surface area (Å²) in [7, 11) is 1.62. The van der Waals surface area contributed by atoms with Crippen molar-refractivity contribution in [3.63, 3.8) is 0 Å². The van der Waals surface area contributed by atoms with Crippen LogP contribution < -0.4 is 10.5 Å². The van der Waals surface area contributed by atoms with Crippen LogP contribution >= 0.6 is 15.9 Å². The monoisotopic (exact) mass is 287 g/mol. The van der Waals surface area contributed by atoms with E-state index >= 15 is 0 Å². The Morgan fingerprint density at radius 3 is 2.56 bits per heavy atom. The molecule has 0 saturated heterocycles. The number of nitrogens with two attached hydrogens (primary N) is 1. The molecule has 1 aromatic rings. The van der Waals surface area contributed by atoms with Crippen LogP contribution in [0.1, 0.15) is 25.5 Å². The summed E-state index contributed by atoms with van der Waals surface area (Å²) in [5, 5.41) is 9.28. The van der Waals surface area contributed by atoms with Crippen molar-refractivity contribution >= 4 is 15.9 Å². The molecule has 0 spiro atoms. The Balaban J connectivity index is 3.02. The highest BCUT2D eigenvalue weighted by molar-refractivity contribution is 9.10. The fraction of sp³-hybridized carbons (Fsp3) is 0.500. The zero-order valence-corrected chi connectivity index (χ0v) is 11.4. The van der Waals surface area contributed by atoms with Gasteiger partial charge in [-0.2, -0.15) is 0 Å². The van der Waals surface area contributed by atoms with Gasteiger partial charge < -0.3 is 15.6 Å². The van der Waals surface area contributed by atoms with Crippen molar-refractivity contribution in [2.75, 3.05) is 13.7 Å². The van der Waals surface area contributed by atoms with Gasteiger partial charge in [0.05, 0.1) is 11.6 Å². The fourth-order valence-electron chi connectivity index (χ4n) is 1.43. The quantitative estimate of drug-likeness (QED) is 0.895. The molecule has 0 heterocycles. The molecular formula is C12H18BrNO2. The predicted octanol–water partition coefficient (Wildman–Crippen LogP) is 2.48. The van der Waals surface area contributed by atoms with Crippen molar-refractivity contribution in [3.8, 4) is 5.75 Å². The smallest absolute Gasteiger partial charge is 0.133 e. The van der Waals surface area contributed by atoms with Crippen molar-refractivity contribution < 1.29 is 9.84 Å². The molecular weight excluding hydrogens is 270 g/mol. The largest absolute Gasteiger partial charge is 0.496 e. The molecule has 1 rings (SSSR count). The zero-order valence-electron chi connectivity index (χ0n) is 9.83. The van der Waals surface area contributed by atoms with Gasteiger partial charge in [0.2, 0.25) is 0 Å². The van der Waals surface area contributed by atoms with E-state index < -0.39 is 0 Å². The SMILES string of the molecule is COc1ccc([C@H](N)C(C)(C)CO)cc1Br. The molecule has 0 unspecified atom stereocenters.